The van der Waals surface area contributed by atoms with Crippen molar-refractivity contribution in [3.63, 3.8) is 0 Å². The summed E-state index contributed by atoms with van der Waals surface area (Å²) in [5.41, 5.74) is 10.7. The molecule has 1 atom stereocenters. The molecule has 5 rings (SSSR count). The number of ketones is 1. The molecule has 1 aromatic heterocycles. The van der Waals surface area contributed by atoms with Crippen LogP contribution in [0.5, 0.6) is 0 Å². The van der Waals surface area contributed by atoms with E-state index in [2.05, 4.69) is 51.4 Å². The second-order valence-corrected chi connectivity index (χ2v) is 13.7. The predicted octanol–water partition coefficient (Wildman–Crippen LogP) is 6.28. The monoisotopic (exact) mass is 634 g/mol. The lowest BCUT2D eigenvalue weighted by Crippen LogP contribution is -2.42. The molecule has 0 bridgehead atoms. The second-order valence-electron chi connectivity index (χ2n) is 10.6. The van der Waals surface area contributed by atoms with Gasteiger partial charge in [-0.15, -0.1) is 10.2 Å². The summed E-state index contributed by atoms with van der Waals surface area (Å²) in [7, 11) is 0. The SMILES string of the molecule is Cc1ccc(NC(=O)CSc2nnc(N3C(N)=C(C#N)C(c4cccc(Br)c4)C4=C3CC(C)(C)CC4=O)s2)cc1. The Balaban J connectivity index is 1.46. The van der Waals surface area contributed by atoms with E-state index in [0.717, 1.165) is 27.0 Å². The first-order valence-electron chi connectivity index (χ1n) is 12.6. The zero-order valence-corrected chi connectivity index (χ0v) is 25.4. The fourth-order valence-electron chi connectivity index (χ4n) is 5.06. The molecule has 0 spiro atoms. The van der Waals surface area contributed by atoms with E-state index in [4.69, 9.17) is 5.73 Å². The summed E-state index contributed by atoms with van der Waals surface area (Å²) in [4.78, 5) is 27.9. The Hall–Kier alpha value is -3.46. The zero-order valence-electron chi connectivity index (χ0n) is 22.2. The van der Waals surface area contributed by atoms with Crippen LogP contribution in [0.3, 0.4) is 0 Å². The lowest BCUT2D eigenvalue weighted by atomic mass is 9.69. The van der Waals surface area contributed by atoms with Crippen molar-refractivity contribution in [1.82, 2.24) is 10.2 Å². The van der Waals surface area contributed by atoms with Gasteiger partial charge in [0.2, 0.25) is 11.0 Å². The summed E-state index contributed by atoms with van der Waals surface area (Å²) in [6.07, 6.45) is 0.953. The van der Waals surface area contributed by atoms with Gasteiger partial charge in [0.15, 0.2) is 10.1 Å². The minimum Gasteiger partial charge on any atom is -0.384 e. The molecule has 40 heavy (non-hydrogen) atoms. The molecule has 1 unspecified atom stereocenters. The molecular weight excluding hydrogens is 608 g/mol. The summed E-state index contributed by atoms with van der Waals surface area (Å²) >= 11 is 6.06. The van der Waals surface area contributed by atoms with Gasteiger partial charge in [0.25, 0.3) is 0 Å². The number of nitrogens with two attached hydrogens (primary N) is 1. The van der Waals surface area contributed by atoms with Gasteiger partial charge in [-0.1, -0.05) is 82.7 Å². The van der Waals surface area contributed by atoms with Gasteiger partial charge < -0.3 is 11.1 Å². The molecule has 2 aromatic carbocycles. The minimum absolute atomic E-state index is 0.00614. The molecule has 2 heterocycles. The van der Waals surface area contributed by atoms with Gasteiger partial charge in [0.1, 0.15) is 5.82 Å². The Morgan fingerprint density at radius 3 is 2.70 bits per heavy atom. The molecule has 0 saturated heterocycles. The Morgan fingerprint density at radius 2 is 2.00 bits per heavy atom. The van der Waals surface area contributed by atoms with Gasteiger partial charge in [0.05, 0.1) is 23.3 Å². The fraction of sp³-hybridized carbons (Fsp3) is 0.276. The molecule has 3 aromatic rings. The van der Waals surface area contributed by atoms with Gasteiger partial charge in [-0.2, -0.15) is 5.26 Å². The van der Waals surface area contributed by atoms with E-state index in [-0.39, 0.29) is 28.7 Å². The summed E-state index contributed by atoms with van der Waals surface area (Å²) < 4.78 is 1.43. The van der Waals surface area contributed by atoms with E-state index in [1.54, 1.807) is 4.90 Å². The Bertz CT molecular complexity index is 1600. The van der Waals surface area contributed by atoms with Crippen molar-refractivity contribution in [2.45, 2.75) is 43.9 Å². The Morgan fingerprint density at radius 1 is 1.25 bits per heavy atom. The molecule has 0 saturated carbocycles. The summed E-state index contributed by atoms with van der Waals surface area (Å²) in [6, 6.07) is 17.5. The highest BCUT2D eigenvalue weighted by molar-refractivity contribution is 9.10. The van der Waals surface area contributed by atoms with Crippen LogP contribution < -0.4 is 16.0 Å². The van der Waals surface area contributed by atoms with Gasteiger partial charge in [-0.05, 0) is 48.6 Å². The van der Waals surface area contributed by atoms with E-state index in [1.807, 2.05) is 55.5 Å². The quantitative estimate of drug-likeness (QED) is 0.303. The first-order valence-corrected chi connectivity index (χ1v) is 15.2. The molecule has 0 fully saturated rings. The molecule has 204 valence electrons. The molecule has 11 heteroatoms. The van der Waals surface area contributed by atoms with Crippen molar-refractivity contribution >= 4 is 61.5 Å². The van der Waals surface area contributed by atoms with Crippen LogP contribution in [0.15, 0.2) is 80.0 Å². The van der Waals surface area contributed by atoms with Gasteiger partial charge in [-0.25, -0.2) is 0 Å². The largest absolute Gasteiger partial charge is 0.384 e. The molecular formula is C29H27BrN6O2S2. The van der Waals surface area contributed by atoms with Crippen molar-refractivity contribution in [3.05, 3.63) is 86.8 Å². The van der Waals surface area contributed by atoms with Crippen molar-refractivity contribution < 1.29 is 9.59 Å². The minimum atomic E-state index is -0.565. The molecule has 0 radical (unpaired) electrons. The first kappa shape index (κ1) is 28.1. The average molecular weight is 636 g/mol. The van der Waals surface area contributed by atoms with E-state index >= 15 is 0 Å². The number of nitrogens with one attached hydrogen (secondary N) is 1. The van der Waals surface area contributed by atoms with Crippen LogP contribution >= 0.6 is 39.0 Å². The number of hydrogen-bond donors (Lipinski definition) is 2. The maximum Gasteiger partial charge on any atom is 0.234 e. The fourth-order valence-corrected chi connectivity index (χ4v) is 7.16. The van der Waals surface area contributed by atoms with E-state index in [0.29, 0.717) is 33.5 Å². The highest BCUT2D eigenvalue weighted by atomic mass is 79.9. The van der Waals surface area contributed by atoms with Crippen LogP contribution in [0.1, 0.15) is 43.7 Å². The van der Waals surface area contributed by atoms with E-state index < -0.39 is 5.92 Å². The number of anilines is 2. The van der Waals surface area contributed by atoms with Crippen molar-refractivity contribution in [3.8, 4) is 6.07 Å². The van der Waals surface area contributed by atoms with E-state index in [9.17, 15) is 14.9 Å². The lowest BCUT2D eigenvalue weighted by molar-refractivity contribution is -0.118. The number of hydrogen-bond acceptors (Lipinski definition) is 9. The number of halogens is 1. The third-order valence-corrected chi connectivity index (χ3v) is 9.35. The average Bonchev–Trinajstić information content (AvgIpc) is 3.36. The van der Waals surface area contributed by atoms with Gasteiger partial charge in [0, 0.05) is 27.9 Å². The normalized spacial score (nSPS) is 18.4. The Labute approximate surface area is 249 Å². The number of allylic oxidation sites excluding steroid dienone is 3. The zero-order chi connectivity index (χ0) is 28.6. The number of carbonyl (C=O) groups is 2. The number of benzene rings is 2. The molecule has 8 nitrogen and oxygen atoms in total. The molecule has 3 N–H and O–H groups in total. The number of thioether (sulfide) groups is 1. The van der Waals surface area contributed by atoms with Crippen molar-refractivity contribution in [1.29, 1.82) is 5.26 Å². The van der Waals surface area contributed by atoms with Crippen LogP contribution in [0.25, 0.3) is 0 Å². The van der Waals surface area contributed by atoms with Crippen LogP contribution in [0.2, 0.25) is 0 Å². The predicted molar refractivity (Wildman–Crippen MR) is 162 cm³/mol. The number of rotatable bonds is 6. The van der Waals surface area contributed by atoms with Crippen molar-refractivity contribution in [2.75, 3.05) is 16.0 Å². The number of nitriles is 1. The van der Waals surface area contributed by atoms with Crippen molar-refractivity contribution in [2.24, 2.45) is 11.1 Å². The Kier molecular flexibility index (Phi) is 7.86. The maximum absolute atomic E-state index is 13.7. The number of amides is 1. The first-order chi connectivity index (χ1) is 19.1. The highest BCUT2D eigenvalue weighted by Gasteiger charge is 2.45. The van der Waals surface area contributed by atoms with Crippen LogP contribution in [0, 0.1) is 23.7 Å². The lowest BCUT2D eigenvalue weighted by Gasteiger charge is -2.42. The third kappa shape index (κ3) is 5.70. The number of Topliss-reactive ketones (excluding diaryl/α,β-unsaturated/α-hetero) is 1. The highest BCUT2D eigenvalue weighted by Crippen LogP contribution is 2.50. The number of nitrogens with zero attached hydrogens (tertiary/aromatic N) is 4. The molecule has 2 aliphatic rings. The number of aryl methyl sites for hydroxylation is 1. The third-order valence-electron chi connectivity index (χ3n) is 6.81. The summed E-state index contributed by atoms with van der Waals surface area (Å²) in [6.45, 7) is 6.09. The molecule has 1 aliphatic heterocycles. The molecule has 1 aliphatic carbocycles. The van der Waals surface area contributed by atoms with Crippen LogP contribution in [0.4, 0.5) is 10.8 Å². The number of carbonyl (C=O) groups excluding carboxylic acids is 2. The number of aromatic nitrogens is 2. The summed E-state index contributed by atoms with van der Waals surface area (Å²) in [5.74, 6) is -0.336. The smallest absolute Gasteiger partial charge is 0.234 e. The van der Waals surface area contributed by atoms with Crippen LogP contribution in [-0.4, -0.2) is 27.6 Å². The van der Waals surface area contributed by atoms with Crippen LogP contribution in [-0.2, 0) is 9.59 Å². The van der Waals surface area contributed by atoms with Gasteiger partial charge >= 0.3 is 0 Å². The standard InChI is InChI=1S/C29H27BrN6O2S2/c1-16-7-9-19(10-8-16)33-23(38)15-39-28-35-34-27(40-28)36-21-12-29(2,3)13-22(37)25(21)24(20(14-31)26(36)32)17-5-4-6-18(30)11-17/h4-11,24H,12-13,15,32H2,1-3H3,(H,33,38). The van der Waals surface area contributed by atoms with E-state index in [1.165, 1.54) is 23.1 Å². The van der Waals surface area contributed by atoms with Gasteiger partial charge in [-0.3, -0.25) is 14.5 Å². The topological polar surface area (TPSA) is 125 Å². The second kappa shape index (κ2) is 11.2. The summed E-state index contributed by atoms with van der Waals surface area (Å²) in [5, 5.41) is 22.2. The maximum atomic E-state index is 13.7. The molecule has 1 amide bonds.